The SMILES string of the molecule is CC1CCCC(OCC(C)(NC(C)C)C(=O)O)C1. The number of hydrogen-bond donors (Lipinski definition) is 2. The van der Waals surface area contributed by atoms with Crippen LogP contribution in [0.1, 0.15) is 53.4 Å². The molecule has 0 heterocycles. The minimum Gasteiger partial charge on any atom is -0.480 e. The third-order valence-corrected chi connectivity index (χ3v) is 3.58. The normalized spacial score (nSPS) is 28.1. The van der Waals surface area contributed by atoms with Crippen molar-refractivity contribution in [1.29, 1.82) is 0 Å². The summed E-state index contributed by atoms with van der Waals surface area (Å²) in [6.45, 7) is 8.06. The maximum atomic E-state index is 11.4. The number of carboxylic acid groups (broad SMARTS) is 1. The van der Waals surface area contributed by atoms with Crippen LogP contribution in [0.15, 0.2) is 0 Å². The fourth-order valence-corrected chi connectivity index (χ4v) is 2.62. The van der Waals surface area contributed by atoms with E-state index in [1.165, 1.54) is 12.8 Å². The highest BCUT2D eigenvalue weighted by Crippen LogP contribution is 2.26. The molecule has 1 aliphatic rings. The molecular formula is C14H27NO3. The molecule has 1 saturated carbocycles. The van der Waals surface area contributed by atoms with Gasteiger partial charge in [-0.3, -0.25) is 10.1 Å². The van der Waals surface area contributed by atoms with E-state index in [0.29, 0.717) is 5.92 Å². The predicted octanol–water partition coefficient (Wildman–Crippen LogP) is 2.42. The highest BCUT2D eigenvalue weighted by Gasteiger charge is 2.35. The summed E-state index contributed by atoms with van der Waals surface area (Å²) in [5.41, 5.74) is -0.991. The molecule has 0 amide bonds. The fraction of sp³-hybridized carbons (Fsp3) is 0.929. The molecule has 0 spiro atoms. The summed E-state index contributed by atoms with van der Waals surface area (Å²) in [5, 5.41) is 12.4. The topological polar surface area (TPSA) is 58.6 Å². The average molecular weight is 257 g/mol. The molecule has 2 N–H and O–H groups in total. The van der Waals surface area contributed by atoms with Crippen LogP contribution in [-0.4, -0.2) is 35.4 Å². The Morgan fingerprint density at radius 2 is 2.17 bits per heavy atom. The molecule has 4 nitrogen and oxygen atoms in total. The number of carboxylic acids is 1. The second kappa shape index (κ2) is 6.53. The van der Waals surface area contributed by atoms with Crippen LogP contribution in [-0.2, 0) is 9.53 Å². The molecular weight excluding hydrogens is 230 g/mol. The predicted molar refractivity (Wildman–Crippen MR) is 71.7 cm³/mol. The molecule has 0 radical (unpaired) electrons. The van der Waals surface area contributed by atoms with Crippen LogP contribution in [0.3, 0.4) is 0 Å². The highest BCUT2D eigenvalue weighted by atomic mass is 16.5. The van der Waals surface area contributed by atoms with Gasteiger partial charge >= 0.3 is 5.97 Å². The van der Waals surface area contributed by atoms with Crippen LogP contribution >= 0.6 is 0 Å². The van der Waals surface area contributed by atoms with Gasteiger partial charge in [-0.15, -0.1) is 0 Å². The fourth-order valence-electron chi connectivity index (χ4n) is 2.62. The van der Waals surface area contributed by atoms with Gasteiger partial charge in [0.05, 0.1) is 12.7 Å². The standard InChI is InChI=1S/C14H27NO3/c1-10(2)15-14(4,13(16)17)9-18-12-7-5-6-11(3)8-12/h10-12,15H,5-9H2,1-4H3,(H,16,17). The number of aliphatic carboxylic acids is 1. The van der Waals surface area contributed by atoms with Crippen molar-refractivity contribution in [1.82, 2.24) is 5.32 Å². The van der Waals surface area contributed by atoms with Crippen molar-refractivity contribution >= 4 is 5.97 Å². The lowest BCUT2D eigenvalue weighted by Gasteiger charge is -2.33. The monoisotopic (exact) mass is 257 g/mol. The largest absolute Gasteiger partial charge is 0.480 e. The van der Waals surface area contributed by atoms with Crippen molar-refractivity contribution < 1.29 is 14.6 Å². The molecule has 3 unspecified atom stereocenters. The van der Waals surface area contributed by atoms with Gasteiger partial charge in [-0.2, -0.15) is 0 Å². The number of carbonyl (C=O) groups is 1. The summed E-state index contributed by atoms with van der Waals surface area (Å²) in [6.07, 6.45) is 4.79. The van der Waals surface area contributed by atoms with Gasteiger partial charge in [-0.1, -0.05) is 19.8 Å². The van der Waals surface area contributed by atoms with Gasteiger partial charge in [0.2, 0.25) is 0 Å². The van der Waals surface area contributed by atoms with E-state index in [1.54, 1.807) is 6.92 Å². The minimum atomic E-state index is -0.991. The number of nitrogens with one attached hydrogen (secondary N) is 1. The average Bonchev–Trinajstić information content (AvgIpc) is 2.25. The van der Waals surface area contributed by atoms with Crippen molar-refractivity contribution in [2.45, 2.75) is 71.1 Å². The van der Waals surface area contributed by atoms with Gasteiger partial charge in [0.1, 0.15) is 5.54 Å². The summed E-state index contributed by atoms with van der Waals surface area (Å²) in [5.74, 6) is -0.155. The second-order valence-electron chi connectivity index (χ2n) is 6.14. The Bertz CT molecular complexity index is 280. The van der Waals surface area contributed by atoms with Crippen molar-refractivity contribution in [3.05, 3.63) is 0 Å². The van der Waals surface area contributed by atoms with E-state index in [0.717, 1.165) is 12.8 Å². The smallest absolute Gasteiger partial charge is 0.326 e. The summed E-state index contributed by atoms with van der Waals surface area (Å²) < 4.78 is 5.84. The van der Waals surface area contributed by atoms with Crippen molar-refractivity contribution in [3.63, 3.8) is 0 Å². The van der Waals surface area contributed by atoms with E-state index >= 15 is 0 Å². The Kier molecular flexibility index (Phi) is 5.60. The van der Waals surface area contributed by atoms with Crippen LogP contribution < -0.4 is 5.32 Å². The van der Waals surface area contributed by atoms with Gasteiger partial charge in [0.15, 0.2) is 0 Å². The Morgan fingerprint density at radius 3 is 2.67 bits per heavy atom. The molecule has 0 bridgehead atoms. The van der Waals surface area contributed by atoms with Crippen LogP contribution in [0, 0.1) is 5.92 Å². The van der Waals surface area contributed by atoms with Gasteiger partial charge in [0, 0.05) is 6.04 Å². The lowest BCUT2D eigenvalue weighted by atomic mass is 9.88. The van der Waals surface area contributed by atoms with Crippen LogP contribution in [0.4, 0.5) is 0 Å². The first-order valence-corrected chi connectivity index (χ1v) is 6.96. The molecule has 0 aromatic carbocycles. The number of rotatable bonds is 6. The molecule has 0 saturated heterocycles. The first-order valence-electron chi connectivity index (χ1n) is 6.96. The second-order valence-corrected chi connectivity index (χ2v) is 6.14. The lowest BCUT2D eigenvalue weighted by Crippen LogP contribution is -2.56. The first kappa shape index (κ1) is 15.4. The van der Waals surface area contributed by atoms with E-state index in [1.807, 2.05) is 13.8 Å². The third-order valence-electron chi connectivity index (χ3n) is 3.58. The van der Waals surface area contributed by atoms with Gasteiger partial charge in [-0.25, -0.2) is 0 Å². The zero-order valence-electron chi connectivity index (χ0n) is 12.0. The van der Waals surface area contributed by atoms with Crippen LogP contribution in [0.2, 0.25) is 0 Å². The Labute approximate surface area is 110 Å². The first-order chi connectivity index (χ1) is 8.33. The zero-order valence-corrected chi connectivity index (χ0v) is 12.0. The summed E-state index contributed by atoms with van der Waals surface area (Å²) in [6, 6.07) is 0.125. The Hall–Kier alpha value is -0.610. The van der Waals surface area contributed by atoms with E-state index in [-0.39, 0.29) is 18.8 Å². The molecule has 0 aromatic heterocycles. The highest BCUT2D eigenvalue weighted by molar-refractivity contribution is 5.78. The van der Waals surface area contributed by atoms with E-state index in [9.17, 15) is 9.90 Å². The summed E-state index contributed by atoms with van der Waals surface area (Å²) >= 11 is 0. The van der Waals surface area contributed by atoms with Gasteiger partial charge in [0.25, 0.3) is 0 Å². The number of ether oxygens (including phenoxy) is 1. The van der Waals surface area contributed by atoms with Crippen LogP contribution in [0.25, 0.3) is 0 Å². The van der Waals surface area contributed by atoms with Gasteiger partial charge in [-0.05, 0) is 39.5 Å². The minimum absolute atomic E-state index is 0.125. The van der Waals surface area contributed by atoms with Crippen molar-refractivity contribution in [2.75, 3.05) is 6.61 Å². The molecule has 1 aliphatic carbocycles. The summed E-state index contributed by atoms with van der Waals surface area (Å²) in [4.78, 5) is 11.4. The molecule has 0 aromatic rings. The van der Waals surface area contributed by atoms with E-state index < -0.39 is 11.5 Å². The molecule has 1 fully saturated rings. The maximum absolute atomic E-state index is 11.4. The molecule has 0 aliphatic heterocycles. The quantitative estimate of drug-likeness (QED) is 0.767. The summed E-state index contributed by atoms with van der Waals surface area (Å²) in [7, 11) is 0. The Morgan fingerprint density at radius 1 is 1.50 bits per heavy atom. The maximum Gasteiger partial charge on any atom is 0.326 e. The molecule has 1 rings (SSSR count). The molecule has 106 valence electrons. The molecule has 18 heavy (non-hydrogen) atoms. The number of hydrogen-bond acceptors (Lipinski definition) is 3. The van der Waals surface area contributed by atoms with Crippen molar-refractivity contribution in [2.24, 2.45) is 5.92 Å². The van der Waals surface area contributed by atoms with Crippen molar-refractivity contribution in [3.8, 4) is 0 Å². The molecule has 3 atom stereocenters. The Balaban J connectivity index is 2.49. The van der Waals surface area contributed by atoms with Crippen LogP contribution in [0.5, 0.6) is 0 Å². The third kappa shape index (κ3) is 4.58. The van der Waals surface area contributed by atoms with E-state index in [4.69, 9.17) is 4.74 Å². The zero-order chi connectivity index (χ0) is 13.8. The lowest BCUT2D eigenvalue weighted by molar-refractivity contribution is -0.148. The molecule has 4 heteroatoms. The van der Waals surface area contributed by atoms with Gasteiger partial charge < -0.3 is 9.84 Å². The van der Waals surface area contributed by atoms with E-state index in [2.05, 4.69) is 12.2 Å².